The largest absolute Gasteiger partial charge is 0.489 e. The smallest absolute Gasteiger partial charge is 0.338 e. The summed E-state index contributed by atoms with van der Waals surface area (Å²) in [6.07, 6.45) is -0.308. The second-order valence-electron chi connectivity index (χ2n) is 8.13. The molecule has 1 heterocycles. The Balaban J connectivity index is 1.64. The third-order valence-corrected chi connectivity index (χ3v) is 5.44. The van der Waals surface area contributed by atoms with Gasteiger partial charge in [-0.2, -0.15) is 0 Å². The molecule has 34 heavy (non-hydrogen) atoms. The molecule has 3 aromatic carbocycles. The van der Waals surface area contributed by atoms with Crippen molar-refractivity contribution >= 4 is 29.3 Å². The molecule has 0 aliphatic carbocycles. The summed E-state index contributed by atoms with van der Waals surface area (Å²) in [4.78, 5) is 25.7. The Morgan fingerprint density at radius 1 is 1.00 bits per heavy atom. The third kappa shape index (κ3) is 5.58. The number of hydrogen-bond acceptors (Lipinski definition) is 4. The second kappa shape index (κ2) is 10.4. The third-order valence-electron chi connectivity index (χ3n) is 5.21. The molecule has 0 spiro atoms. The van der Waals surface area contributed by atoms with Crippen LogP contribution in [-0.4, -0.2) is 18.1 Å². The zero-order valence-corrected chi connectivity index (χ0v) is 19.6. The summed E-state index contributed by atoms with van der Waals surface area (Å²) in [5, 5.41) is 6.29. The van der Waals surface area contributed by atoms with E-state index in [0.29, 0.717) is 28.6 Å². The van der Waals surface area contributed by atoms with Gasteiger partial charge < -0.3 is 20.1 Å². The summed E-state index contributed by atoms with van der Waals surface area (Å²) >= 11 is 6.03. The summed E-state index contributed by atoms with van der Waals surface area (Å²) in [6, 6.07) is 22.9. The Kier molecular flexibility index (Phi) is 7.18. The summed E-state index contributed by atoms with van der Waals surface area (Å²) in [5.41, 5.74) is 3.18. The Morgan fingerprint density at radius 3 is 2.41 bits per heavy atom. The molecule has 2 N–H and O–H groups in total. The second-order valence-corrected chi connectivity index (χ2v) is 8.56. The molecule has 3 aromatic rings. The van der Waals surface area contributed by atoms with Gasteiger partial charge in [0.15, 0.2) is 0 Å². The van der Waals surface area contributed by atoms with Gasteiger partial charge in [-0.3, -0.25) is 0 Å². The molecule has 6 nitrogen and oxygen atoms in total. The van der Waals surface area contributed by atoms with Gasteiger partial charge in [-0.15, -0.1) is 0 Å². The lowest BCUT2D eigenvalue weighted by Gasteiger charge is -2.30. The Labute approximate surface area is 203 Å². The van der Waals surface area contributed by atoms with Gasteiger partial charge in [0.1, 0.15) is 12.4 Å². The molecule has 1 atom stereocenters. The molecule has 4 rings (SSSR count). The van der Waals surface area contributed by atoms with Gasteiger partial charge in [-0.05, 0) is 54.8 Å². The van der Waals surface area contributed by atoms with E-state index in [2.05, 4.69) is 10.6 Å². The minimum absolute atomic E-state index is 0.308. The highest BCUT2D eigenvalue weighted by molar-refractivity contribution is 6.30. The number of esters is 1. The van der Waals surface area contributed by atoms with E-state index in [4.69, 9.17) is 21.1 Å². The fourth-order valence-corrected chi connectivity index (χ4v) is 3.91. The number of urea groups is 1. The molecule has 7 heteroatoms. The molecular formula is C27H25ClN2O4. The molecule has 0 bridgehead atoms. The highest BCUT2D eigenvalue weighted by Gasteiger charge is 2.34. The molecule has 1 aliphatic rings. The van der Waals surface area contributed by atoms with Crippen LogP contribution in [0.3, 0.4) is 0 Å². The number of carbonyl (C=O) groups is 2. The van der Waals surface area contributed by atoms with Crippen molar-refractivity contribution in [2.75, 3.05) is 0 Å². The van der Waals surface area contributed by atoms with Gasteiger partial charge in [0.05, 0.1) is 23.4 Å². The Morgan fingerprint density at radius 2 is 1.74 bits per heavy atom. The first-order valence-electron chi connectivity index (χ1n) is 11.0. The molecule has 0 saturated carbocycles. The van der Waals surface area contributed by atoms with Crippen LogP contribution in [-0.2, 0) is 16.1 Å². The monoisotopic (exact) mass is 476 g/mol. The maximum Gasteiger partial charge on any atom is 0.338 e. The van der Waals surface area contributed by atoms with Gasteiger partial charge >= 0.3 is 12.0 Å². The van der Waals surface area contributed by atoms with Crippen LogP contribution in [0.25, 0.3) is 5.70 Å². The van der Waals surface area contributed by atoms with Gasteiger partial charge in [-0.1, -0.05) is 66.2 Å². The average Bonchev–Trinajstić information content (AvgIpc) is 2.82. The maximum atomic E-state index is 13.1. The molecule has 0 radical (unpaired) electrons. The highest BCUT2D eigenvalue weighted by atomic mass is 35.5. The molecule has 1 aliphatic heterocycles. The van der Waals surface area contributed by atoms with Crippen molar-refractivity contribution in [3.05, 3.63) is 106 Å². The lowest BCUT2D eigenvalue weighted by atomic mass is 9.92. The van der Waals surface area contributed by atoms with Crippen LogP contribution in [0.2, 0.25) is 5.02 Å². The summed E-state index contributed by atoms with van der Waals surface area (Å²) < 4.78 is 11.4. The van der Waals surface area contributed by atoms with E-state index in [1.807, 2.05) is 78.9 Å². The van der Waals surface area contributed by atoms with E-state index in [9.17, 15) is 9.59 Å². The molecule has 1 unspecified atom stereocenters. The number of benzene rings is 3. The maximum absolute atomic E-state index is 13.1. The van der Waals surface area contributed by atoms with Crippen molar-refractivity contribution in [2.45, 2.75) is 32.6 Å². The van der Waals surface area contributed by atoms with Crippen LogP contribution in [0.4, 0.5) is 4.79 Å². The highest BCUT2D eigenvalue weighted by Crippen LogP contribution is 2.33. The lowest BCUT2D eigenvalue weighted by Crippen LogP contribution is -2.45. The van der Waals surface area contributed by atoms with Gasteiger partial charge in [-0.25, -0.2) is 9.59 Å². The topological polar surface area (TPSA) is 76.7 Å². The molecule has 0 aromatic heterocycles. The standard InChI is InChI=1S/C27H25ClN2O4/c1-17(2)34-26(31)23-24(19-8-4-3-5-9-19)29-27(32)30-25(23)20-11-13-22(14-12-20)33-16-18-7-6-10-21(28)15-18/h3-15,17,25H,16H2,1-2H3,(H2,29,30,32). The van der Waals surface area contributed by atoms with E-state index in [0.717, 1.165) is 16.7 Å². The van der Waals surface area contributed by atoms with Crippen LogP contribution >= 0.6 is 11.6 Å². The summed E-state index contributed by atoms with van der Waals surface area (Å²) in [5.74, 6) is 0.162. The predicted octanol–water partition coefficient (Wildman–Crippen LogP) is 5.64. The number of hydrogen-bond donors (Lipinski definition) is 2. The average molecular weight is 477 g/mol. The van der Waals surface area contributed by atoms with Gasteiger partial charge in [0, 0.05) is 5.02 Å². The van der Waals surface area contributed by atoms with Gasteiger partial charge in [0.2, 0.25) is 0 Å². The van der Waals surface area contributed by atoms with Crippen molar-refractivity contribution < 1.29 is 19.1 Å². The predicted molar refractivity (Wildman–Crippen MR) is 131 cm³/mol. The first-order chi connectivity index (χ1) is 16.4. The van der Waals surface area contributed by atoms with Crippen molar-refractivity contribution in [1.82, 2.24) is 10.6 Å². The quantitative estimate of drug-likeness (QED) is 0.433. The van der Waals surface area contributed by atoms with E-state index in [1.54, 1.807) is 13.8 Å². The Hall–Kier alpha value is -3.77. The Bertz CT molecular complexity index is 1210. The molecule has 0 fully saturated rings. The molecular weight excluding hydrogens is 452 g/mol. The number of amides is 2. The molecule has 0 saturated heterocycles. The number of halogens is 1. The van der Waals surface area contributed by atoms with Crippen molar-refractivity contribution in [3.63, 3.8) is 0 Å². The summed E-state index contributed by atoms with van der Waals surface area (Å²) in [7, 11) is 0. The number of ether oxygens (including phenoxy) is 2. The number of rotatable bonds is 7. The minimum atomic E-state index is -0.683. The van der Waals surface area contributed by atoms with Crippen molar-refractivity contribution in [2.24, 2.45) is 0 Å². The van der Waals surface area contributed by atoms with Crippen LogP contribution < -0.4 is 15.4 Å². The van der Waals surface area contributed by atoms with Crippen LogP contribution in [0, 0.1) is 0 Å². The van der Waals surface area contributed by atoms with E-state index < -0.39 is 18.0 Å². The van der Waals surface area contributed by atoms with E-state index in [1.165, 1.54) is 0 Å². The van der Waals surface area contributed by atoms with Crippen LogP contribution in [0.5, 0.6) is 5.75 Å². The van der Waals surface area contributed by atoms with Crippen LogP contribution in [0.15, 0.2) is 84.4 Å². The number of carbonyl (C=O) groups excluding carboxylic acids is 2. The fraction of sp³-hybridized carbons (Fsp3) is 0.185. The van der Waals surface area contributed by atoms with Crippen molar-refractivity contribution in [3.8, 4) is 5.75 Å². The first-order valence-corrected chi connectivity index (χ1v) is 11.3. The van der Waals surface area contributed by atoms with Crippen LogP contribution in [0.1, 0.15) is 36.6 Å². The molecule has 174 valence electrons. The van der Waals surface area contributed by atoms with Crippen molar-refractivity contribution in [1.29, 1.82) is 0 Å². The zero-order valence-electron chi connectivity index (χ0n) is 18.9. The fourth-order valence-electron chi connectivity index (χ4n) is 3.69. The lowest BCUT2D eigenvalue weighted by molar-refractivity contribution is -0.143. The first kappa shape index (κ1) is 23.4. The van der Waals surface area contributed by atoms with Gasteiger partial charge in [0.25, 0.3) is 0 Å². The van der Waals surface area contributed by atoms with E-state index >= 15 is 0 Å². The minimum Gasteiger partial charge on any atom is -0.489 e. The SMILES string of the molecule is CC(C)OC(=O)C1=C(c2ccccc2)NC(=O)NC1c1ccc(OCc2cccc(Cl)c2)cc1. The molecule has 2 amide bonds. The zero-order chi connectivity index (χ0) is 24.1. The normalized spacial score (nSPS) is 15.5. The summed E-state index contributed by atoms with van der Waals surface area (Å²) in [6.45, 7) is 3.95. The van der Waals surface area contributed by atoms with E-state index in [-0.39, 0.29) is 6.10 Å². The number of nitrogens with one attached hydrogen (secondary N) is 2.